The summed E-state index contributed by atoms with van der Waals surface area (Å²) in [5.74, 6) is 1.92. The first-order chi connectivity index (χ1) is 19.0. The van der Waals surface area contributed by atoms with Gasteiger partial charge in [-0.05, 0) is 53.5 Å². The molecule has 5 rings (SSSR count). The maximum atomic E-state index is 13.1. The Bertz CT molecular complexity index is 1750. The van der Waals surface area contributed by atoms with E-state index >= 15 is 0 Å². The van der Waals surface area contributed by atoms with Gasteiger partial charge in [0.2, 0.25) is 4.96 Å². The van der Waals surface area contributed by atoms with Crippen molar-refractivity contribution in [2.24, 2.45) is 0 Å². The molecule has 0 radical (unpaired) electrons. The van der Waals surface area contributed by atoms with Crippen LogP contribution in [0.3, 0.4) is 0 Å². The van der Waals surface area contributed by atoms with Crippen LogP contribution in [-0.4, -0.2) is 28.3 Å². The molecule has 0 aliphatic heterocycles. The van der Waals surface area contributed by atoms with Crippen LogP contribution in [-0.2, 0) is 13.0 Å². The third kappa shape index (κ3) is 6.15. The summed E-state index contributed by atoms with van der Waals surface area (Å²) in [7, 11) is 1.57. The number of hydrogen-bond acceptors (Lipinski definition) is 8. The van der Waals surface area contributed by atoms with Gasteiger partial charge in [-0.1, -0.05) is 66.8 Å². The summed E-state index contributed by atoms with van der Waals surface area (Å²) < 4.78 is 18.7. The summed E-state index contributed by atoms with van der Waals surface area (Å²) in [5, 5.41) is 4.35. The molecule has 3 aromatic carbocycles. The van der Waals surface area contributed by atoms with Crippen LogP contribution in [0.15, 0.2) is 82.4 Å². The number of methoxy groups -OCH3 is 1. The molecule has 0 unspecified atom stereocenters. The van der Waals surface area contributed by atoms with Gasteiger partial charge in [-0.25, -0.2) is 0 Å². The van der Waals surface area contributed by atoms with Crippen molar-refractivity contribution in [1.82, 2.24) is 14.6 Å². The van der Waals surface area contributed by atoms with E-state index in [2.05, 4.69) is 10.1 Å². The van der Waals surface area contributed by atoms with Crippen molar-refractivity contribution in [3.05, 3.63) is 120 Å². The Hall–Kier alpha value is -4.50. The molecule has 0 aliphatic carbocycles. The van der Waals surface area contributed by atoms with Gasteiger partial charge in [-0.3, -0.25) is 9.59 Å². The first-order valence-electron chi connectivity index (χ1n) is 12.5. The number of rotatable bonds is 10. The largest absolute Gasteiger partial charge is 0.494 e. The van der Waals surface area contributed by atoms with Gasteiger partial charge in [-0.15, -0.1) is 0 Å². The lowest BCUT2D eigenvalue weighted by molar-refractivity contribution is 0.284. The smallest absolute Gasteiger partial charge is 0.296 e. The average molecular weight is 542 g/mol. The van der Waals surface area contributed by atoms with Crippen molar-refractivity contribution in [1.29, 1.82) is 0 Å². The van der Waals surface area contributed by atoms with Crippen molar-refractivity contribution in [2.45, 2.75) is 26.4 Å². The summed E-state index contributed by atoms with van der Waals surface area (Å²) >= 11 is 1.12. The molecular formula is C30H27N3O5S. The van der Waals surface area contributed by atoms with E-state index in [0.717, 1.165) is 40.2 Å². The number of nitrogens with zero attached hydrogens (tertiary/aromatic N) is 3. The highest BCUT2D eigenvalue weighted by molar-refractivity contribution is 7.15. The van der Waals surface area contributed by atoms with E-state index in [0.29, 0.717) is 29.2 Å². The molecule has 2 aromatic heterocycles. The Labute approximate surface area is 228 Å². The molecule has 2 heterocycles. The van der Waals surface area contributed by atoms with Gasteiger partial charge in [0.25, 0.3) is 11.1 Å². The number of fused-ring (bicyclic) bond motifs is 1. The molecule has 9 heteroatoms. The van der Waals surface area contributed by atoms with Crippen molar-refractivity contribution >= 4 is 22.4 Å². The lowest BCUT2D eigenvalue weighted by Gasteiger charge is -2.11. The summed E-state index contributed by atoms with van der Waals surface area (Å²) in [6.45, 7) is 3.10. The minimum Gasteiger partial charge on any atom is -0.494 e. The van der Waals surface area contributed by atoms with Gasteiger partial charge in [0, 0.05) is 6.42 Å². The first-order valence-corrected chi connectivity index (χ1v) is 13.4. The topological polar surface area (TPSA) is 92.0 Å². The molecule has 8 nitrogen and oxygen atoms in total. The third-order valence-corrected chi connectivity index (χ3v) is 6.90. The minimum absolute atomic E-state index is 0.206. The van der Waals surface area contributed by atoms with E-state index in [1.807, 2.05) is 73.7 Å². The van der Waals surface area contributed by atoms with Gasteiger partial charge < -0.3 is 14.2 Å². The van der Waals surface area contributed by atoms with E-state index in [9.17, 15) is 9.59 Å². The zero-order chi connectivity index (χ0) is 27.2. The standard InChI is InChI=1S/C30H27N3O5S/c1-3-15-37-23-12-9-20(10-13-23)16-24-28(34)31-30-33(32-24)29(35)27(39-30)18-22-11-14-25(26(17-22)36-2)38-19-21-7-5-4-6-8-21/h4-14,17-18H,3,15-16,19H2,1-2H3. The number of hydrogen-bond donors (Lipinski definition) is 0. The SMILES string of the molecule is CCCOc1ccc(Cc2nn3c(=O)c(=Cc4ccc(OCc5ccccc5)c(OC)c4)sc3nc2=O)cc1. The molecule has 0 spiro atoms. The first kappa shape index (κ1) is 26.1. The Balaban J connectivity index is 1.39. The summed E-state index contributed by atoms with van der Waals surface area (Å²) in [6, 6.07) is 22.8. The molecule has 198 valence electrons. The van der Waals surface area contributed by atoms with Crippen molar-refractivity contribution < 1.29 is 14.2 Å². The molecular weight excluding hydrogens is 514 g/mol. The summed E-state index contributed by atoms with van der Waals surface area (Å²) in [5.41, 5.74) is 2.09. The van der Waals surface area contributed by atoms with Crippen molar-refractivity contribution in [3.8, 4) is 17.2 Å². The van der Waals surface area contributed by atoms with Gasteiger partial charge in [0.05, 0.1) is 18.2 Å². The molecule has 0 bridgehead atoms. The Morgan fingerprint density at radius 2 is 1.72 bits per heavy atom. The molecule has 0 saturated carbocycles. The van der Waals surface area contributed by atoms with Crippen LogP contribution >= 0.6 is 11.3 Å². The summed E-state index contributed by atoms with van der Waals surface area (Å²) in [6.07, 6.45) is 2.92. The highest BCUT2D eigenvalue weighted by Crippen LogP contribution is 2.29. The fourth-order valence-corrected chi connectivity index (χ4v) is 4.85. The van der Waals surface area contributed by atoms with Crippen LogP contribution < -0.4 is 29.9 Å². The van der Waals surface area contributed by atoms with E-state index in [-0.39, 0.29) is 22.6 Å². The minimum atomic E-state index is -0.448. The molecule has 0 fully saturated rings. The molecule has 39 heavy (non-hydrogen) atoms. The second-order valence-electron chi connectivity index (χ2n) is 8.83. The predicted molar refractivity (Wildman–Crippen MR) is 151 cm³/mol. The fourth-order valence-electron chi connectivity index (χ4n) is 3.95. The summed E-state index contributed by atoms with van der Waals surface area (Å²) in [4.78, 5) is 30.2. The maximum absolute atomic E-state index is 13.1. The zero-order valence-corrected chi connectivity index (χ0v) is 22.4. The lowest BCUT2D eigenvalue weighted by atomic mass is 10.1. The third-order valence-electron chi connectivity index (χ3n) is 5.94. The second kappa shape index (κ2) is 11.9. The van der Waals surface area contributed by atoms with E-state index in [1.54, 1.807) is 19.3 Å². The van der Waals surface area contributed by atoms with Crippen LogP contribution in [0, 0.1) is 0 Å². The highest BCUT2D eigenvalue weighted by atomic mass is 32.1. The van der Waals surface area contributed by atoms with Gasteiger partial charge in [0.15, 0.2) is 11.5 Å². The van der Waals surface area contributed by atoms with Crippen LogP contribution in [0.5, 0.6) is 17.2 Å². The number of benzene rings is 3. The number of aromatic nitrogens is 3. The van der Waals surface area contributed by atoms with Gasteiger partial charge >= 0.3 is 0 Å². The molecule has 0 atom stereocenters. The van der Waals surface area contributed by atoms with Gasteiger partial charge in [-0.2, -0.15) is 14.6 Å². The van der Waals surface area contributed by atoms with E-state index in [1.165, 1.54) is 4.52 Å². The quantitative estimate of drug-likeness (QED) is 0.264. The van der Waals surface area contributed by atoms with E-state index in [4.69, 9.17) is 14.2 Å². The van der Waals surface area contributed by atoms with Crippen LogP contribution in [0.25, 0.3) is 11.0 Å². The van der Waals surface area contributed by atoms with E-state index < -0.39 is 5.56 Å². The normalized spacial score (nSPS) is 11.6. The van der Waals surface area contributed by atoms with Crippen molar-refractivity contribution in [3.63, 3.8) is 0 Å². The predicted octanol–water partition coefficient (Wildman–Crippen LogP) is 4.03. The molecule has 0 aliphatic rings. The number of thiazole rings is 1. The molecule has 5 aromatic rings. The monoisotopic (exact) mass is 541 g/mol. The Kier molecular flexibility index (Phi) is 7.98. The lowest BCUT2D eigenvalue weighted by Crippen LogP contribution is -2.28. The van der Waals surface area contributed by atoms with Crippen LogP contribution in [0.2, 0.25) is 0 Å². The number of ether oxygens (including phenoxy) is 3. The van der Waals surface area contributed by atoms with Crippen LogP contribution in [0.1, 0.15) is 35.7 Å². The van der Waals surface area contributed by atoms with Crippen molar-refractivity contribution in [2.75, 3.05) is 13.7 Å². The maximum Gasteiger partial charge on any atom is 0.296 e. The molecule has 0 N–H and O–H groups in total. The molecule has 0 saturated heterocycles. The Morgan fingerprint density at radius 1 is 0.923 bits per heavy atom. The molecule has 0 amide bonds. The Morgan fingerprint density at radius 3 is 2.46 bits per heavy atom. The van der Waals surface area contributed by atoms with Crippen LogP contribution in [0.4, 0.5) is 0 Å². The average Bonchev–Trinajstić information content (AvgIpc) is 3.25. The second-order valence-corrected chi connectivity index (χ2v) is 9.84. The highest BCUT2D eigenvalue weighted by Gasteiger charge is 2.13. The van der Waals surface area contributed by atoms with Gasteiger partial charge in [0.1, 0.15) is 18.1 Å². The fraction of sp³-hybridized carbons (Fsp3) is 0.200. The zero-order valence-electron chi connectivity index (χ0n) is 21.6.